The number of aromatic amines is 1. The molecule has 0 fully saturated rings. The van der Waals surface area contributed by atoms with Crippen molar-refractivity contribution in [3.05, 3.63) is 75.7 Å². The summed E-state index contributed by atoms with van der Waals surface area (Å²) in [5.74, 6) is 0.533. The molecule has 0 radical (unpaired) electrons. The van der Waals surface area contributed by atoms with Gasteiger partial charge in [-0.25, -0.2) is 9.78 Å². The molecule has 0 bridgehead atoms. The van der Waals surface area contributed by atoms with Crippen molar-refractivity contribution in [1.29, 1.82) is 0 Å². The van der Waals surface area contributed by atoms with Crippen LogP contribution in [0, 0.1) is 0 Å². The van der Waals surface area contributed by atoms with Crippen LogP contribution in [0.3, 0.4) is 0 Å². The third kappa shape index (κ3) is 5.50. The van der Waals surface area contributed by atoms with Crippen LogP contribution >= 0.6 is 0 Å². The summed E-state index contributed by atoms with van der Waals surface area (Å²) in [7, 11) is 0. The van der Waals surface area contributed by atoms with Gasteiger partial charge in [-0.2, -0.15) is 0 Å². The van der Waals surface area contributed by atoms with Gasteiger partial charge in [0.25, 0.3) is 5.56 Å². The van der Waals surface area contributed by atoms with Crippen molar-refractivity contribution < 1.29 is 4.79 Å². The summed E-state index contributed by atoms with van der Waals surface area (Å²) >= 11 is 0. The van der Waals surface area contributed by atoms with Crippen LogP contribution in [-0.2, 0) is 17.6 Å². The molecule has 0 aliphatic carbocycles. The Hall–Kier alpha value is -4.01. The molecule has 210 valence electrons. The summed E-state index contributed by atoms with van der Waals surface area (Å²) in [6, 6.07) is 16.0. The molecule has 1 amide bonds. The Kier molecular flexibility index (Phi) is 7.74. The minimum Gasteiger partial charge on any atom is -0.350 e. The van der Waals surface area contributed by atoms with Gasteiger partial charge in [0.2, 0.25) is 5.91 Å². The smallest absolute Gasteiger partial charge is 0.271 e. The van der Waals surface area contributed by atoms with Crippen LogP contribution in [-0.4, -0.2) is 41.4 Å². The molecule has 2 aromatic carbocycles. The number of hydrogen-bond acceptors (Lipinski definition) is 5. The number of tetrazole rings is 1. The lowest BCUT2D eigenvalue weighted by molar-refractivity contribution is -0.127. The fourth-order valence-corrected chi connectivity index (χ4v) is 5.74. The van der Waals surface area contributed by atoms with Gasteiger partial charge in [0.05, 0.1) is 0 Å². The summed E-state index contributed by atoms with van der Waals surface area (Å²) in [6.07, 6.45) is 4.91. The van der Waals surface area contributed by atoms with E-state index in [9.17, 15) is 9.59 Å². The van der Waals surface area contributed by atoms with Gasteiger partial charge in [0, 0.05) is 34.8 Å². The molecule has 2 N–H and O–H groups in total. The normalized spacial score (nSPS) is 17.0. The fourth-order valence-electron chi connectivity index (χ4n) is 5.74. The number of H-pyrrole nitrogens is 1. The highest BCUT2D eigenvalue weighted by Crippen LogP contribution is 2.33. The van der Waals surface area contributed by atoms with Gasteiger partial charge in [-0.1, -0.05) is 61.9 Å². The molecule has 9 heteroatoms. The van der Waals surface area contributed by atoms with E-state index in [1.165, 1.54) is 0 Å². The summed E-state index contributed by atoms with van der Waals surface area (Å²) in [6.45, 7) is 10.2. The topological polar surface area (TPSA) is 110 Å². The number of nitrogens with zero attached hydrogens (tertiary/aromatic N) is 5. The van der Waals surface area contributed by atoms with Crippen molar-refractivity contribution in [1.82, 2.24) is 35.3 Å². The molecule has 3 heterocycles. The van der Waals surface area contributed by atoms with Crippen LogP contribution in [0.15, 0.2) is 53.3 Å². The third-order valence-electron chi connectivity index (χ3n) is 7.64. The molecule has 2 aromatic heterocycles. The first-order valence-electron chi connectivity index (χ1n) is 14.3. The van der Waals surface area contributed by atoms with E-state index in [0.29, 0.717) is 18.7 Å². The quantitative estimate of drug-likeness (QED) is 0.317. The number of unbranched alkanes of at least 4 members (excludes halogenated alkanes) is 1. The van der Waals surface area contributed by atoms with Gasteiger partial charge in [-0.15, -0.1) is 5.10 Å². The first-order valence-corrected chi connectivity index (χ1v) is 14.3. The van der Waals surface area contributed by atoms with Crippen LogP contribution in [0.1, 0.15) is 89.2 Å². The average Bonchev–Trinajstić information content (AvgIpc) is 3.55. The maximum atomic E-state index is 14.0. The molecule has 40 heavy (non-hydrogen) atoms. The van der Waals surface area contributed by atoms with Crippen LogP contribution in [0.25, 0.3) is 22.5 Å². The van der Waals surface area contributed by atoms with Crippen molar-refractivity contribution in [2.24, 2.45) is 0 Å². The molecule has 2 unspecified atom stereocenters. The molecule has 5 rings (SSSR count). The van der Waals surface area contributed by atoms with Gasteiger partial charge < -0.3 is 5.32 Å². The number of carbonyl (C=O) groups is 1. The highest BCUT2D eigenvalue weighted by atomic mass is 16.2. The van der Waals surface area contributed by atoms with Gasteiger partial charge in [0.15, 0.2) is 5.82 Å². The molecular formula is C31H39N7O2. The zero-order valence-corrected chi connectivity index (χ0v) is 24.1. The lowest BCUT2D eigenvalue weighted by atomic mass is 9.96. The number of amides is 1. The minimum absolute atomic E-state index is 0.0426. The van der Waals surface area contributed by atoms with E-state index in [4.69, 9.17) is 0 Å². The van der Waals surface area contributed by atoms with Crippen LogP contribution < -0.4 is 10.9 Å². The van der Waals surface area contributed by atoms with Crippen molar-refractivity contribution in [2.45, 2.75) is 90.8 Å². The van der Waals surface area contributed by atoms with Crippen LogP contribution in [0.5, 0.6) is 0 Å². The summed E-state index contributed by atoms with van der Waals surface area (Å²) < 4.78 is 3.89. The molecule has 0 spiro atoms. The number of benzene rings is 2. The number of nitrogens with one attached hydrogen (secondary N) is 2. The highest BCUT2D eigenvalue weighted by molar-refractivity contribution is 5.81. The minimum atomic E-state index is -0.499. The van der Waals surface area contributed by atoms with Gasteiger partial charge in [0.1, 0.15) is 6.04 Å². The summed E-state index contributed by atoms with van der Waals surface area (Å²) in [5, 5.41) is 17.5. The number of rotatable bonds is 8. The van der Waals surface area contributed by atoms with E-state index in [1.54, 1.807) is 4.68 Å². The summed E-state index contributed by atoms with van der Waals surface area (Å²) in [5.41, 5.74) is 5.52. The molecule has 2 atom stereocenters. The number of hydrogen-bond donors (Lipinski definition) is 2. The molecule has 4 aromatic rings. The van der Waals surface area contributed by atoms with Gasteiger partial charge >= 0.3 is 0 Å². The summed E-state index contributed by atoms with van der Waals surface area (Å²) in [4.78, 5) is 27.3. The maximum Gasteiger partial charge on any atom is 0.271 e. The second-order valence-electron chi connectivity index (χ2n) is 11.9. The van der Waals surface area contributed by atoms with Crippen molar-refractivity contribution in [2.75, 3.05) is 0 Å². The van der Waals surface area contributed by atoms with Crippen molar-refractivity contribution >= 4 is 5.91 Å². The number of fused-ring (bicyclic) bond motifs is 1. The molecule has 1 aliphatic rings. The molecule has 1 aliphatic heterocycles. The standard InChI is InChI=1S/C31H39N7O2/c1-6-7-12-26-25(30(40)38-27(18-13-20(2)37(26)38)29(39)32-31(3,4)5)19-21-14-16-22(17-15-21)23-10-8-9-11-24(23)28-33-35-36-34-28/h8-11,14-17,20,27H,6-7,12-13,18-19H2,1-5H3,(H,32,39)(H,33,34,35,36). The predicted octanol–water partition coefficient (Wildman–Crippen LogP) is 5.24. The molecule has 0 saturated carbocycles. The molecule has 9 nitrogen and oxygen atoms in total. The maximum absolute atomic E-state index is 14.0. The Morgan fingerprint density at radius 2 is 1.77 bits per heavy atom. The first kappa shape index (κ1) is 27.6. The Morgan fingerprint density at radius 1 is 1.05 bits per heavy atom. The van der Waals surface area contributed by atoms with E-state index in [2.05, 4.69) is 68.7 Å². The second-order valence-corrected chi connectivity index (χ2v) is 11.9. The highest BCUT2D eigenvalue weighted by Gasteiger charge is 2.35. The SMILES string of the molecule is CCCCc1c(Cc2ccc(-c3ccccc3-c3nnn[nH]3)cc2)c(=O)n2n1C(C)CCC2C(=O)NC(C)(C)C. The predicted molar refractivity (Wildman–Crippen MR) is 156 cm³/mol. The van der Waals surface area contributed by atoms with Crippen molar-refractivity contribution in [3.63, 3.8) is 0 Å². The fraction of sp³-hybridized carbons (Fsp3) is 0.452. The van der Waals surface area contributed by atoms with Crippen LogP contribution in [0.4, 0.5) is 0 Å². The van der Waals surface area contributed by atoms with Crippen LogP contribution in [0.2, 0.25) is 0 Å². The van der Waals surface area contributed by atoms with E-state index < -0.39 is 6.04 Å². The van der Waals surface area contributed by atoms with Gasteiger partial charge in [-0.05, 0) is 80.5 Å². The Balaban J connectivity index is 1.50. The third-order valence-corrected chi connectivity index (χ3v) is 7.64. The number of aromatic nitrogens is 6. The van der Waals surface area contributed by atoms with E-state index in [-0.39, 0.29) is 23.0 Å². The zero-order chi connectivity index (χ0) is 28.4. The monoisotopic (exact) mass is 541 g/mol. The van der Waals surface area contributed by atoms with E-state index >= 15 is 0 Å². The van der Waals surface area contributed by atoms with Gasteiger partial charge in [-0.3, -0.25) is 14.3 Å². The average molecular weight is 542 g/mol. The first-order chi connectivity index (χ1) is 19.2. The lowest BCUT2D eigenvalue weighted by Gasteiger charge is -2.33. The Labute approximate surface area is 235 Å². The van der Waals surface area contributed by atoms with E-state index in [0.717, 1.165) is 59.2 Å². The molecule has 0 saturated heterocycles. The number of carbonyl (C=O) groups excluding carboxylic acids is 1. The van der Waals surface area contributed by atoms with E-state index in [1.807, 2.05) is 45.0 Å². The second kappa shape index (κ2) is 11.2. The van der Waals surface area contributed by atoms with Crippen molar-refractivity contribution in [3.8, 4) is 22.5 Å². The zero-order valence-electron chi connectivity index (χ0n) is 24.1. The molecular weight excluding hydrogens is 502 g/mol. The largest absolute Gasteiger partial charge is 0.350 e. The Bertz CT molecular complexity index is 1530. The lowest BCUT2D eigenvalue weighted by Crippen LogP contribution is -2.48. The Morgan fingerprint density at radius 3 is 2.42 bits per heavy atom.